The van der Waals surface area contributed by atoms with Crippen molar-refractivity contribution in [2.24, 2.45) is 5.73 Å². The predicted octanol–water partition coefficient (Wildman–Crippen LogP) is 0.873. The summed E-state index contributed by atoms with van der Waals surface area (Å²) in [6.45, 7) is -0.157. The number of ether oxygens (including phenoxy) is 2. The van der Waals surface area contributed by atoms with Gasteiger partial charge in [0.25, 0.3) is 0 Å². The van der Waals surface area contributed by atoms with Gasteiger partial charge in [0.05, 0.1) is 12.7 Å². The van der Waals surface area contributed by atoms with E-state index in [1.54, 1.807) is 24.3 Å². The van der Waals surface area contributed by atoms with Crippen molar-refractivity contribution in [1.29, 1.82) is 0 Å². The normalized spacial score (nSPS) is 9.40. The molecule has 0 aliphatic carbocycles. The van der Waals surface area contributed by atoms with Crippen molar-refractivity contribution < 1.29 is 14.3 Å². The van der Waals surface area contributed by atoms with Crippen LogP contribution in [0.15, 0.2) is 24.3 Å². The Bertz CT molecular complexity index is 379. The van der Waals surface area contributed by atoms with Gasteiger partial charge in [-0.25, -0.2) is 4.79 Å². The van der Waals surface area contributed by atoms with E-state index in [1.165, 1.54) is 7.11 Å². The number of esters is 1. The van der Waals surface area contributed by atoms with Crippen LogP contribution in [0.4, 0.5) is 0 Å². The molecule has 0 saturated carbocycles. The van der Waals surface area contributed by atoms with E-state index in [1.807, 2.05) is 0 Å². The maximum Gasteiger partial charge on any atom is 0.343 e. The number of rotatable bonds is 4. The first kappa shape index (κ1) is 11.5. The summed E-state index contributed by atoms with van der Waals surface area (Å²) < 4.78 is 9.65. The highest BCUT2D eigenvalue weighted by Crippen LogP contribution is 2.17. The molecule has 5 heteroatoms. The van der Waals surface area contributed by atoms with Gasteiger partial charge in [-0.05, 0) is 12.1 Å². The second-order valence-corrected chi connectivity index (χ2v) is 3.17. The first-order valence-corrected chi connectivity index (χ1v) is 4.64. The molecule has 80 valence electrons. The molecule has 0 radical (unpaired) electrons. The van der Waals surface area contributed by atoms with Crippen LogP contribution in [0, 0.1) is 0 Å². The molecule has 0 aliphatic heterocycles. The first-order chi connectivity index (χ1) is 7.15. The molecule has 0 aliphatic rings. The minimum Gasteiger partial charge on any atom is -0.481 e. The molecule has 1 rings (SSSR count). The lowest BCUT2D eigenvalue weighted by molar-refractivity contribution is -0.142. The van der Waals surface area contributed by atoms with Crippen molar-refractivity contribution in [3.05, 3.63) is 29.8 Å². The van der Waals surface area contributed by atoms with Crippen molar-refractivity contribution >= 4 is 23.2 Å². The van der Waals surface area contributed by atoms with Gasteiger partial charge in [0.2, 0.25) is 0 Å². The van der Waals surface area contributed by atoms with E-state index in [-0.39, 0.29) is 11.6 Å². The highest BCUT2D eigenvalue weighted by Gasteiger charge is 2.07. The second kappa shape index (κ2) is 5.31. The van der Waals surface area contributed by atoms with Crippen LogP contribution < -0.4 is 10.5 Å². The third kappa shape index (κ3) is 3.21. The fourth-order valence-corrected chi connectivity index (χ4v) is 1.16. The van der Waals surface area contributed by atoms with E-state index in [0.717, 1.165) is 0 Å². The molecular formula is C10H11NO3S. The summed E-state index contributed by atoms with van der Waals surface area (Å²) in [5.41, 5.74) is 6.10. The monoisotopic (exact) mass is 225 g/mol. The maximum absolute atomic E-state index is 10.9. The predicted molar refractivity (Wildman–Crippen MR) is 59.8 cm³/mol. The van der Waals surface area contributed by atoms with E-state index in [0.29, 0.717) is 11.3 Å². The van der Waals surface area contributed by atoms with Gasteiger partial charge in [-0.2, -0.15) is 0 Å². The average Bonchev–Trinajstić information content (AvgIpc) is 2.26. The van der Waals surface area contributed by atoms with E-state index in [9.17, 15) is 4.79 Å². The highest BCUT2D eigenvalue weighted by molar-refractivity contribution is 7.80. The minimum atomic E-state index is -0.451. The fraction of sp³-hybridized carbons (Fsp3) is 0.200. The molecule has 0 spiro atoms. The quantitative estimate of drug-likeness (QED) is 0.608. The zero-order valence-electron chi connectivity index (χ0n) is 8.23. The molecule has 0 unspecified atom stereocenters. The Labute approximate surface area is 93.0 Å². The zero-order valence-corrected chi connectivity index (χ0v) is 9.04. The molecule has 0 saturated heterocycles. The van der Waals surface area contributed by atoms with Crippen molar-refractivity contribution in [3.63, 3.8) is 0 Å². The Morgan fingerprint density at radius 3 is 2.73 bits per heavy atom. The van der Waals surface area contributed by atoms with Gasteiger partial charge < -0.3 is 15.2 Å². The van der Waals surface area contributed by atoms with Gasteiger partial charge in [0, 0.05) is 0 Å². The Balaban J connectivity index is 2.76. The number of nitrogens with two attached hydrogens (primary N) is 1. The Kier molecular flexibility index (Phi) is 4.05. The Morgan fingerprint density at radius 1 is 1.47 bits per heavy atom. The summed E-state index contributed by atoms with van der Waals surface area (Å²) in [7, 11) is 1.30. The molecule has 1 aromatic carbocycles. The fourth-order valence-electron chi connectivity index (χ4n) is 0.992. The number of thiocarbonyl (C=S) groups is 1. The number of carbonyl (C=O) groups excluding carboxylic acids is 1. The molecule has 15 heavy (non-hydrogen) atoms. The maximum atomic E-state index is 10.9. The molecule has 2 N–H and O–H groups in total. The molecule has 0 heterocycles. The molecule has 0 bridgehead atoms. The van der Waals surface area contributed by atoms with Crippen LogP contribution in [0.2, 0.25) is 0 Å². The van der Waals surface area contributed by atoms with E-state index in [2.05, 4.69) is 4.74 Å². The van der Waals surface area contributed by atoms with Gasteiger partial charge in [0.15, 0.2) is 6.61 Å². The van der Waals surface area contributed by atoms with Crippen LogP contribution in [-0.2, 0) is 9.53 Å². The van der Waals surface area contributed by atoms with Crippen LogP contribution in [-0.4, -0.2) is 24.7 Å². The summed E-state index contributed by atoms with van der Waals surface area (Å²) in [5, 5.41) is 0. The third-order valence-electron chi connectivity index (χ3n) is 1.73. The summed E-state index contributed by atoms with van der Waals surface area (Å²) in [4.78, 5) is 11.1. The third-order valence-corrected chi connectivity index (χ3v) is 1.95. The SMILES string of the molecule is COC(=O)COc1ccccc1C(N)=S. The van der Waals surface area contributed by atoms with Gasteiger partial charge in [-0.15, -0.1) is 0 Å². The van der Waals surface area contributed by atoms with Gasteiger partial charge in [-0.1, -0.05) is 24.4 Å². The number of benzene rings is 1. The highest BCUT2D eigenvalue weighted by atomic mass is 32.1. The average molecular weight is 225 g/mol. The summed E-state index contributed by atoms with van der Waals surface area (Å²) >= 11 is 4.84. The summed E-state index contributed by atoms with van der Waals surface area (Å²) in [5.74, 6) is 0.0307. The minimum absolute atomic E-state index is 0.157. The molecule has 4 nitrogen and oxygen atoms in total. The number of carbonyl (C=O) groups is 1. The van der Waals surface area contributed by atoms with E-state index in [4.69, 9.17) is 22.7 Å². The first-order valence-electron chi connectivity index (χ1n) is 4.23. The number of methoxy groups -OCH3 is 1. The lowest BCUT2D eigenvalue weighted by Crippen LogP contribution is -2.16. The van der Waals surface area contributed by atoms with E-state index >= 15 is 0 Å². The van der Waals surface area contributed by atoms with Crippen molar-refractivity contribution in [3.8, 4) is 5.75 Å². The second-order valence-electron chi connectivity index (χ2n) is 2.73. The topological polar surface area (TPSA) is 61.5 Å². The number of hydrogen-bond acceptors (Lipinski definition) is 4. The van der Waals surface area contributed by atoms with Crippen molar-refractivity contribution in [2.45, 2.75) is 0 Å². The lowest BCUT2D eigenvalue weighted by atomic mass is 10.2. The van der Waals surface area contributed by atoms with Crippen LogP contribution in [0.5, 0.6) is 5.75 Å². The van der Waals surface area contributed by atoms with Crippen LogP contribution in [0.1, 0.15) is 5.56 Å². The van der Waals surface area contributed by atoms with Crippen LogP contribution in [0.3, 0.4) is 0 Å². The molecular weight excluding hydrogens is 214 g/mol. The van der Waals surface area contributed by atoms with Gasteiger partial charge >= 0.3 is 5.97 Å². The van der Waals surface area contributed by atoms with Crippen LogP contribution >= 0.6 is 12.2 Å². The molecule has 0 amide bonds. The smallest absolute Gasteiger partial charge is 0.343 e. The molecule has 0 fully saturated rings. The Hall–Kier alpha value is -1.62. The number of para-hydroxylation sites is 1. The lowest BCUT2D eigenvalue weighted by Gasteiger charge is -2.08. The largest absolute Gasteiger partial charge is 0.481 e. The van der Waals surface area contributed by atoms with Gasteiger partial charge in [0.1, 0.15) is 10.7 Å². The van der Waals surface area contributed by atoms with Crippen molar-refractivity contribution in [1.82, 2.24) is 0 Å². The standard InChI is InChI=1S/C10H11NO3S/c1-13-9(12)6-14-8-5-3-2-4-7(8)10(11)15/h2-5H,6H2,1H3,(H2,11,15). The van der Waals surface area contributed by atoms with Crippen LogP contribution in [0.25, 0.3) is 0 Å². The van der Waals surface area contributed by atoms with Crippen molar-refractivity contribution in [2.75, 3.05) is 13.7 Å². The molecule has 0 atom stereocenters. The van der Waals surface area contributed by atoms with Gasteiger partial charge in [-0.3, -0.25) is 0 Å². The summed E-state index contributed by atoms with van der Waals surface area (Å²) in [6, 6.07) is 6.99. The molecule has 1 aromatic rings. The number of hydrogen-bond donors (Lipinski definition) is 1. The zero-order chi connectivity index (χ0) is 11.3. The summed E-state index contributed by atoms with van der Waals surface area (Å²) in [6.07, 6.45) is 0. The van der Waals surface area contributed by atoms with E-state index < -0.39 is 5.97 Å². The Morgan fingerprint density at radius 2 is 2.13 bits per heavy atom. The molecule has 0 aromatic heterocycles.